The molecule has 6 nitrogen and oxygen atoms in total. The van der Waals surface area contributed by atoms with Crippen LogP contribution in [0.3, 0.4) is 0 Å². The van der Waals surface area contributed by atoms with Gasteiger partial charge in [-0.3, -0.25) is 4.79 Å². The SMILES string of the molecule is O=c1ccccn1CC(O)CNS(=O)(=O)c1cc(F)cc(F)c1. The number of aliphatic hydroxyl groups is 1. The van der Waals surface area contributed by atoms with Gasteiger partial charge in [-0.15, -0.1) is 0 Å². The quantitative estimate of drug-likeness (QED) is 0.797. The molecule has 9 heteroatoms. The molecule has 0 aliphatic carbocycles. The highest BCUT2D eigenvalue weighted by Crippen LogP contribution is 2.13. The Morgan fingerprint density at radius 3 is 2.43 bits per heavy atom. The first-order valence-electron chi connectivity index (χ1n) is 6.57. The maximum atomic E-state index is 13.1. The van der Waals surface area contributed by atoms with E-state index in [1.165, 1.54) is 22.9 Å². The lowest BCUT2D eigenvalue weighted by Crippen LogP contribution is -2.36. The molecule has 0 aliphatic rings. The number of sulfonamides is 1. The van der Waals surface area contributed by atoms with Gasteiger partial charge in [-0.25, -0.2) is 21.9 Å². The minimum Gasteiger partial charge on any atom is -0.390 e. The molecule has 0 saturated carbocycles. The summed E-state index contributed by atoms with van der Waals surface area (Å²) in [5.74, 6) is -2.05. The largest absolute Gasteiger partial charge is 0.390 e. The van der Waals surface area contributed by atoms with Crippen LogP contribution in [-0.2, 0) is 16.6 Å². The van der Waals surface area contributed by atoms with Crippen LogP contribution in [0.1, 0.15) is 0 Å². The topological polar surface area (TPSA) is 88.4 Å². The van der Waals surface area contributed by atoms with Crippen LogP contribution in [0.25, 0.3) is 0 Å². The molecule has 0 spiro atoms. The molecule has 1 atom stereocenters. The van der Waals surface area contributed by atoms with Crippen LogP contribution in [-0.4, -0.2) is 30.7 Å². The van der Waals surface area contributed by atoms with Gasteiger partial charge in [0, 0.05) is 24.9 Å². The molecule has 2 N–H and O–H groups in total. The standard InChI is InChI=1S/C14H14F2N2O4S/c15-10-5-11(16)7-13(6-10)23(21,22)17-8-12(19)9-18-4-2-1-3-14(18)20/h1-7,12,17,19H,8-9H2. The fourth-order valence-corrected chi connectivity index (χ4v) is 2.99. The van der Waals surface area contributed by atoms with Crippen molar-refractivity contribution in [3.63, 3.8) is 0 Å². The molecular formula is C14H14F2N2O4S. The third kappa shape index (κ3) is 4.68. The summed E-state index contributed by atoms with van der Waals surface area (Å²) in [6.45, 7) is -0.540. The van der Waals surface area contributed by atoms with E-state index in [2.05, 4.69) is 0 Å². The summed E-state index contributed by atoms with van der Waals surface area (Å²) in [7, 11) is -4.18. The van der Waals surface area contributed by atoms with Gasteiger partial charge in [-0.2, -0.15) is 0 Å². The van der Waals surface area contributed by atoms with Gasteiger partial charge in [-0.1, -0.05) is 6.07 Å². The van der Waals surface area contributed by atoms with Gasteiger partial charge >= 0.3 is 0 Å². The number of rotatable bonds is 6. The molecule has 124 valence electrons. The Labute approximate surface area is 131 Å². The van der Waals surface area contributed by atoms with E-state index in [0.29, 0.717) is 18.2 Å². The summed E-state index contributed by atoms with van der Waals surface area (Å²) in [5, 5.41) is 9.81. The lowest BCUT2D eigenvalue weighted by molar-refractivity contribution is 0.156. The van der Waals surface area contributed by atoms with Crippen molar-refractivity contribution in [1.82, 2.24) is 9.29 Å². The molecule has 0 bridgehead atoms. The highest BCUT2D eigenvalue weighted by atomic mass is 32.2. The molecule has 1 aromatic carbocycles. The van der Waals surface area contributed by atoms with E-state index in [1.54, 1.807) is 6.07 Å². The zero-order valence-electron chi connectivity index (χ0n) is 11.8. The predicted molar refractivity (Wildman–Crippen MR) is 78.3 cm³/mol. The van der Waals surface area contributed by atoms with E-state index in [4.69, 9.17) is 0 Å². The van der Waals surface area contributed by atoms with Gasteiger partial charge in [0.25, 0.3) is 5.56 Å². The maximum Gasteiger partial charge on any atom is 0.250 e. The Balaban J connectivity index is 2.04. The number of hydrogen-bond donors (Lipinski definition) is 2. The van der Waals surface area contributed by atoms with E-state index in [9.17, 15) is 27.1 Å². The second-order valence-electron chi connectivity index (χ2n) is 4.80. The van der Waals surface area contributed by atoms with Crippen molar-refractivity contribution in [3.8, 4) is 0 Å². The van der Waals surface area contributed by atoms with Gasteiger partial charge in [-0.05, 0) is 18.2 Å². The molecular weight excluding hydrogens is 330 g/mol. The Morgan fingerprint density at radius 2 is 1.83 bits per heavy atom. The lowest BCUT2D eigenvalue weighted by Gasteiger charge is -2.13. The van der Waals surface area contributed by atoms with Crippen LogP contribution in [0.4, 0.5) is 8.78 Å². The van der Waals surface area contributed by atoms with E-state index in [-0.39, 0.29) is 12.1 Å². The summed E-state index contributed by atoms with van der Waals surface area (Å²) < 4.78 is 53.3. The van der Waals surface area contributed by atoms with Crippen LogP contribution in [0.5, 0.6) is 0 Å². The van der Waals surface area contributed by atoms with E-state index < -0.39 is 39.2 Å². The number of nitrogens with one attached hydrogen (secondary N) is 1. The molecule has 0 fully saturated rings. The normalized spacial score (nSPS) is 13.0. The first kappa shape index (κ1) is 17.3. The third-order valence-electron chi connectivity index (χ3n) is 2.96. The molecule has 1 aromatic heterocycles. The van der Waals surface area contributed by atoms with E-state index >= 15 is 0 Å². The Morgan fingerprint density at radius 1 is 1.17 bits per heavy atom. The fourth-order valence-electron chi connectivity index (χ4n) is 1.88. The lowest BCUT2D eigenvalue weighted by atomic mass is 10.3. The Hall–Kier alpha value is -2.10. The summed E-state index contributed by atoms with van der Waals surface area (Å²) in [6, 6.07) is 6.31. The number of pyridine rings is 1. The first-order chi connectivity index (χ1) is 10.8. The molecule has 0 saturated heterocycles. The molecule has 1 heterocycles. The number of benzene rings is 1. The minimum absolute atomic E-state index is 0.125. The molecule has 0 amide bonds. The van der Waals surface area contributed by atoms with Crippen molar-refractivity contribution in [2.45, 2.75) is 17.5 Å². The maximum absolute atomic E-state index is 13.1. The molecule has 0 aliphatic heterocycles. The highest BCUT2D eigenvalue weighted by molar-refractivity contribution is 7.89. The summed E-state index contributed by atoms with van der Waals surface area (Å²) in [6.07, 6.45) is 0.255. The van der Waals surface area contributed by atoms with Crippen LogP contribution in [0.15, 0.2) is 52.3 Å². The van der Waals surface area contributed by atoms with Crippen molar-refractivity contribution >= 4 is 10.0 Å². The van der Waals surface area contributed by atoms with Crippen LogP contribution >= 0.6 is 0 Å². The van der Waals surface area contributed by atoms with Gasteiger partial charge in [0.15, 0.2) is 0 Å². The van der Waals surface area contributed by atoms with Crippen LogP contribution in [0, 0.1) is 11.6 Å². The van der Waals surface area contributed by atoms with Gasteiger partial charge in [0.05, 0.1) is 17.5 Å². The van der Waals surface area contributed by atoms with Crippen molar-refractivity contribution in [2.24, 2.45) is 0 Å². The molecule has 0 radical (unpaired) electrons. The first-order valence-corrected chi connectivity index (χ1v) is 8.05. The summed E-state index contributed by atoms with van der Waals surface area (Å²) in [5.41, 5.74) is -0.346. The number of aliphatic hydroxyl groups excluding tert-OH is 1. The number of halogens is 2. The zero-order valence-corrected chi connectivity index (χ0v) is 12.6. The Bertz CT molecular complexity index is 832. The molecule has 1 unspecified atom stereocenters. The smallest absolute Gasteiger partial charge is 0.250 e. The van der Waals surface area contributed by atoms with E-state index in [1.807, 2.05) is 4.72 Å². The monoisotopic (exact) mass is 344 g/mol. The van der Waals surface area contributed by atoms with Crippen LogP contribution in [0.2, 0.25) is 0 Å². The van der Waals surface area contributed by atoms with Crippen molar-refractivity contribution in [2.75, 3.05) is 6.54 Å². The number of nitrogens with zero attached hydrogens (tertiary/aromatic N) is 1. The number of hydrogen-bond acceptors (Lipinski definition) is 4. The van der Waals surface area contributed by atoms with Gasteiger partial charge in [0.2, 0.25) is 10.0 Å². The molecule has 2 aromatic rings. The second-order valence-corrected chi connectivity index (χ2v) is 6.57. The van der Waals surface area contributed by atoms with E-state index in [0.717, 1.165) is 0 Å². The highest BCUT2D eigenvalue weighted by Gasteiger charge is 2.18. The van der Waals surface area contributed by atoms with Crippen molar-refractivity contribution in [1.29, 1.82) is 0 Å². The Kier molecular flexibility index (Phi) is 5.24. The second kappa shape index (κ2) is 6.99. The average Bonchev–Trinajstić information content (AvgIpc) is 2.47. The fraction of sp³-hybridized carbons (Fsp3) is 0.214. The minimum atomic E-state index is -4.18. The predicted octanol–water partition coefficient (Wildman–Crippen LogP) is 0.466. The average molecular weight is 344 g/mol. The van der Waals surface area contributed by atoms with Gasteiger partial charge < -0.3 is 9.67 Å². The van der Waals surface area contributed by atoms with Gasteiger partial charge in [0.1, 0.15) is 11.6 Å². The van der Waals surface area contributed by atoms with Crippen molar-refractivity contribution < 1.29 is 22.3 Å². The third-order valence-corrected chi connectivity index (χ3v) is 4.36. The number of aromatic nitrogens is 1. The summed E-state index contributed by atoms with van der Waals surface area (Å²) in [4.78, 5) is 10.9. The van der Waals surface area contributed by atoms with Crippen LogP contribution < -0.4 is 10.3 Å². The molecule has 23 heavy (non-hydrogen) atoms. The zero-order chi connectivity index (χ0) is 17.0. The molecule has 2 rings (SSSR count). The van der Waals surface area contributed by atoms with Crippen molar-refractivity contribution in [3.05, 3.63) is 64.6 Å². The summed E-state index contributed by atoms with van der Waals surface area (Å²) >= 11 is 0.